The summed E-state index contributed by atoms with van der Waals surface area (Å²) in [5.41, 5.74) is 7.45. The van der Waals surface area contributed by atoms with Crippen LogP contribution in [0.1, 0.15) is 11.1 Å². The van der Waals surface area contributed by atoms with E-state index in [1.807, 2.05) is 32.0 Å². The lowest BCUT2D eigenvalue weighted by Crippen LogP contribution is -2.41. The molecule has 0 radical (unpaired) electrons. The highest BCUT2D eigenvalue weighted by Gasteiger charge is 2.09. The van der Waals surface area contributed by atoms with Crippen molar-refractivity contribution in [3.8, 4) is 0 Å². The molecule has 0 heterocycles. The molecule has 0 unspecified atom stereocenters. The molecule has 0 fully saturated rings. The second-order valence-corrected chi connectivity index (χ2v) is 4.31. The third-order valence-electron chi connectivity index (χ3n) is 2.61. The number of amides is 4. The molecular weight excluding hydrogens is 260 g/mol. The van der Waals surface area contributed by atoms with Crippen LogP contribution in [0.4, 0.5) is 10.5 Å². The highest BCUT2D eigenvalue weighted by Crippen LogP contribution is 2.18. The van der Waals surface area contributed by atoms with Crippen molar-refractivity contribution in [2.45, 2.75) is 13.8 Å². The summed E-state index contributed by atoms with van der Waals surface area (Å²) in [6, 6.07) is 4.88. The molecule has 0 saturated carbocycles. The van der Waals surface area contributed by atoms with E-state index in [9.17, 15) is 14.4 Å². The summed E-state index contributed by atoms with van der Waals surface area (Å²) in [5.74, 6) is -0.824. The van der Waals surface area contributed by atoms with Gasteiger partial charge in [0.25, 0.3) is 0 Å². The molecule has 0 atom stereocenters. The highest BCUT2D eigenvalue weighted by atomic mass is 16.2. The number of nitrogens with two attached hydrogens (primary N) is 1. The van der Waals surface area contributed by atoms with Gasteiger partial charge in [-0.3, -0.25) is 9.59 Å². The van der Waals surface area contributed by atoms with Crippen molar-refractivity contribution in [3.63, 3.8) is 0 Å². The maximum atomic E-state index is 11.7. The molecule has 7 nitrogen and oxygen atoms in total. The number of hydrogen-bond donors (Lipinski definition) is 4. The molecule has 0 bridgehead atoms. The lowest BCUT2D eigenvalue weighted by molar-refractivity contribution is -0.123. The van der Waals surface area contributed by atoms with Crippen LogP contribution in [0.5, 0.6) is 0 Å². The molecule has 0 aromatic heterocycles. The van der Waals surface area contributed by atoms with Gasteiger partial charge in [-0.2, -0.15) is 0 Å². The van der Waals surface area contributed by atoms with Gasteiger partial charge in [-0.1, -0.05) is 18.2 Å². The normalized spacial score (nSPS) is 9.70. The van der Waals surface area contributed by atoms with E-state index in [1.54, 1.807) is 0 Å². The monoisotopic (exact) mass is 278 g/mol. The zero-order chi connectivity index (χ0) is 15.1. The Kier molecular flexibility index (Phi) is 5.52. The van der Waals surface area contributed by atoms with Crippen molar-refractivity contribution in [3.05, 3.63) is 29.3 Å². The Morgan fingerprint density at radius 3 is 2.10 bits per heavy atom. The minimum atomic E-state index is -0.792. The van der Waals surface area contributed by atoms with Crippen molar-refractivity contribution in [1.82, 2.24) is 10.6 Å². The number of nitrogens with one attached hydrogen (secondary N) is 3. The van der Waals surface area contributed by atoms with Crippen LogP contribution in [0.3, 0.4) is 0 Å². The average Bonchev–Trinajstić information content (AvgIpc) is 2.38. The number of rotatable bonds is 5. The molecule has 0 aliphatic heterocycles. The molecule has 1 aromatic rings. The number of anilines is 1. The van der Waals surface area contributed by atoms with Crippen LogP contribution in [-0.4, -0.2) is 30.9 Å². The fourth-order valence-electron chi connectivity index (χ4n) is 1.60. The number of benzene rings is 1. The molecule has 108 valence electrons. The first-order chi connectivity index (χ1) is 9.40. The van der Waals surface area contributed by atoms with Gasteiger partial charge in [-0.15, -0.1) is 0 Å². The fourth-order valence-corrected chi connectivity index (χ4v) is 1.60. The molecule has 0 aliphatic rings. The third kappa shape index (κ3) is 4.97. The van der Waals surface area contributed by atoms with Gasteiger partial charge in [-0.05, 0) is 25.0 Å². The lowest BCUT2D eigenvalue weighted by atomic mass is 10.1. The smallest absolute Gasteiger partial charge is 0.312 e. The zero-order valence-corrected chi connectivity index (χ0v) is 11.4. The number of urea groups is 1. The first-order valence-corrected chi connectivity index (χ1v) is 6.06. The van der Waals surface area contributed by atoms with Crippen molar-refractivity contribution in [2.75, 3.05) is 18.4 Å². The number of primary amides is 1. The minimum absolute atomic E-state index is 0.174. The van der Waals surface area contributed by atoms with Crippen molar-refractivity contribution in [2.24, 2.45) is 5.73 Å². The number of carbonyl (C=O) groups excluding carboxylic acids is 3. The van der Waals surface area contributed by atoms with Gasteiger partial charge >= 0.3 is 6.03 Å². The molecule has 0 saturated heterocycles. The van der Waals surface area contributed by atoms with Crippen molar-refractivity contribution in [1.29, 1.82) is 0 Å². The van der Waals surface area contributed by atoms with E-state index in [0.717, 1.165) is 16.8 Å². The van der Waals surface area contributed by atoms with Gasteiger partial charge in [-0.25, -0.2) is 4.79 Å². The van der Waals surface area contributed by atoms with Crippen LogP contribution in [-0.2, 0) is 9.59 Å². The van der Waals surface area contributed by atoms with E-state index in [1.165, 1.54) is 0 Å². The standard InChI is InChI=1S/C13H18N4O3/c1-8-4-3-5-9(2)12(8)17-11(19)7-15-10(18)6-16-13(14)20/h3-5H,6-7H2,1-2H3,(H,15,18)(H,17,19)(H3,14,16,20). The quantitative estimate of drug-likeness (QED) is 0.609. The maximum absolute atomic E-state index is 11.7. The van der Waals surface area contributed by atoms with Gasteiger partial charge in [0.1, 0.15) is 0 Å². The largest absolute Gasteiger partial charge is 0.352 e. The van der Waals surface area contributed by atoms with E-state index in [0.29, 0.717) is 0 Å². The predicted molar refractivity (Wildman–Crippen MR) is 75.1 cm³/mol. The molecule has 0 aliphatic carbocycles. The Balaban J connectivity index is 2.44. The van der Waals surface area contributed by atoms with Gasteiger partial charge < -0.3 is 21.7 Å². The summed E-state index contributed by atoms with van der Waals surface area (Å²) in [6.45, 7) is 3.34. The summed E-state index contributed by atoms with van der Waals surface area (Å²) in [6.07, 6.45) is 0. The molecular formula is C13H18N4O3. The average molecular weight is 278 g/mol. The Bertz CT molecular complexity index is 508. The van der Waals surface area contributed by atoms with Gasteiger partial charge in [0, 0.05) is 5.69 Å². The third-order valence-corrected chi connectivity index (χ3v) is 2.61. The molecule has 4 amide bonds. The van der Waals surface area contributed by atoms with Crippen LogP contribution in [0.15, 0.2) is 18.2 Å². The molecule has 20 heavy (non-hydrogen) atoms. The second-order valence-electron chi connectivity index (χ2n) is 4.31. The summed E-state index contributed by atoms with van der Waals surface area (Å²) in [7, 11) is 0. The summed E-state index contributed by atoms with van der Waals surface area (Å²) in [4.78, 5) is 33.4. The van der Waals surface area contributed by atoms with E-state index in [-0.39, 0.29) is 19.0 Å². The second kappa shape index (κ2) is 7.13. The van der Waals surface area contributed by atoms with E-state index in [2.05, 4.69) is 16.0 Å². The van der Waals surface area contributed by atoms with Crippen molar-refractivity contribution >= 4 is 23.5 Å². The summed E-state index contributed by atoms with van der Waals surface area (Å²) in [5, 5.41) is 7.24. The first kappa shape index (κ1) is 15.5. The molecule has 1 rings (SSSR count). The summed E-state index contributed by atoms with van der Waals surface area (Å²) < 4.78 is 0. The van der Waals surface area contributed by atoms with Gasteiger partial charge in [0.05, 0.1) is 13.1 Å². The Morgan fingerprint density at radius 1 is 1.00 bits per heavy atom. The van der Waals surface area contributed by atoms with Crippen LogP contribution in [0.25, 0.3) is 0 Å². The van der Waals surface area contributed by atoms with E-state index >= 15 is 0 Å². The number of aryl methyl sites for hydroxylation is 2. The Labute approximate surface area is 116 Å². The lowest BCUT2D eigenvalue weighted by Gasteiger charge is -2.11. The van der Waals surface area contributed by atoms with Crippen LogP contribution >= 0.6 is 0 Å². The SMILES string of the molecule is Cc1cccc(C)c1NC(=O)CNC(=O)CNC(N)=O. The molecule has 5 N–H and O–H groups in total. The molecule has 0 spiro atoms. The summed E-state index contributed by atoms with van der Waals surface area (Å²) >= 11 is 0. The van der Waals surface area contributed by atoms with Crippen molar-refractivity contribution < 1.29 is 14.4 Å². The zero-order valence-electron chi connectivity index (χ0n) is 11.4. The van der Waals surface area contributed by atoms with Crippen LogP contribution in [0.2, 0.25) is 0 Å². The highest BCUT2D eigenvalue weighted by molar-refractivity contribution is 5.96. The Hall–Kier alpha value is -2.57. The maximum Gasteiger partial charge on any atom is 0.312 e. The number of para-hydroxylation sites is 1. The minimum Gasteiger partial charge on any atom is -0.352 e. The van der Waals surface area contributed by atoms with E-state index < -0.39 is 11.9 Å². The van der Waals surface area contributed by atoms with Crippen LogP contribution < -0.4 is 21.7 Å². The predicted octanol–water partition coefficient (Wildman–Crippen LogP) is 0.0264. The molecule has 1 aromatic carbocycles. The topological polar surface area (TPSA) is 113 Å². The fraction of sp³-hybridized carbons (Fsp3) is 0.308. The van der Waals surface area contributed by atoms with Gasteiger partial charge in [0.15, 0.2) is 0 Å². The van der Waals surface area contributed by atoms with Gasteiger partial charge in [0.2, 0.25) is 11.8 Å². The van der Waals surface area contributed by atoms with Crippen LogP contribution in [0, 0.1) is 13.8 Å². The number of hydrogen-bond acceptors (Lipinski definition) is 3. The number of carbonyl (C=O) groups is 3. The molecule has 7 heteroatoms. The Morgan fingerprint density at radius 2 is 1.55 bits per heavy atom. The first-order valence-electron chi connectivity index (χ1n) is 6.06. The van der Waals surface area contributed by atoms with E-state index in [4.69, 9.17) is 5.73 Å².